The van der Waals surface area contributed by atoms with Crippen LogP contribution in [-0.4, -0.2) is 31.1 Å². The number of rotatable bonds is 4. The quantitative estimate of drug-likeness (QED) is 0.912. The largest absolute Gasteiger partial charge is 0.416 e. The van der Waals surface area contributed by atoms with Gasteiger partial charge in [0.2, 0.25) is 0 Å². The van der Waals surface area contributed by atoms with Gasteiger partial charge in [0.25, 0.3) is 0 Å². The topological polar surface area (TPSA) is 15.3 Å². The maximum atomic E-state index is 13.0. The van der Waals surface area contributed by atoms with Gasteiger partial charge in [-0.15, -0.1) is 0 Å². The predicted molar refractivity (Wildman–Crippen MR) is 73.5 cm³/mol. The highest BCUT2D eigenvalue weighted by Gasteiger charge is 2.35. The molecule has 5 heteroatoms. The van der Waals surface area contributed by atoms with Crippen LogP contribution in [0, 0.1) is 0 Å². The first-order valence-corrected chi connectivity index (χ1v) is 6.99. The molecule has 0 bridgehead atoms. The molecule has 2 nitrogen and oxygen atoms in total. The molecule has 20 heavy (non-hydrogen) atoms. The number of likely N-dealkylation sites (N-methyl/N-ethyl adjacent to an activating group) is 1. The normalized spacial score (nSPS) is 21.4. The molecule has 1 saturated heterocycles. The number of nitrogens with one attached hydrogen (secondary N) is 1. The van der Waals surface area contributed by atoms with Crippen molar-refractivity contribution >= 4 is 0 Å². The van der Waals surface area contributed by atoms with Crippen LogP contribution >= 0.6 is 0 Å². The third-order valence-electron chi connectivity index (χ3n) is 4.05. The van der Waals surface area contributed by atoms with Crippen molar-refractivity contribution in [3.8, 4) is 0 Å². The van der Waals surface area contributed by atoms with Crippen LogP contribution in [0.25, 0.3) is 0 Å². The van der Waals surface area contributed by atoms with Crippen molar-refractivity contribution in [2.24, 2.45) is 0 Å². The number of alkyl halides is 3. The lowest BCUT2D eigenvalue weighted by molar-refractivity contribution is -0.138. The highest BCUT2D eigenvalue weighted by molar-refractivity contribution is 5.32. The lowest BCUT2D eigenvalue weighted by atomic mass is 9.99. The smallest absolute Gasteiger partial charge is 0.313 e. The van der Waals surface area contributed by atoms with Crippen molar-refractivity contribution < 1.29 is 13.2 Å². The van der Waals surface area contributed by atoms with Gasteiger partial charge in [-0.1, -0.05) is 18.2 Å². The van der Waals surface area contributed by atoms with Gasteiger partial charge in [0.15, 0.2) is 0 Å². The minimum absolute atomic E-state index is 0.254. The second-order valence-electron chi connectivity index (χ2n) is 5.49. The van der Waals surface area contributed by atoms with Gasteiger partial charge < -0.3 is 5.32 Å². The summed E-state index contributed by atoms with van der Waals surface area (Å²) in [5.74, 6) is 0. The fraction of sp³-hybridized carbons (Fsp3) is 0.600. The minimum Gasteiger partial charge on any atom is -0.313 e. The van der Waals surface area contributed by atoms with Gasteiger partial charge in [-0.2, -0.15) is 13.2 Å². The van der Waals surface area contributed by atoms with E-state index in [1.165, 1.54) is 6.07 Å². The zero-order chi connectivity index (χ0) is 14.8. The first kappa shape index (κ1) is 15.3. The molecule has 0 spiro atoms. The molecule has 1 aliphatic rings. The predicted octanol–water partition coefficient (Wildman–Crippen LogP) is 3.45. The van der Waals surface area contributed by atoms with E-state index in [2.05, 4.69) is 5.32 Å². The average molecular weight is 286 g/mol. The number of hydrogen-bond acceptors (Lipinski definition) is 2. The van der Waals surface area contributed by atoms with E-state index in [1.54, 1.807) is 12.1 Å². The van der Waals surface area contributed by atoms with Crippen LogP contribution in [0.3, 0.4) is 0 Å². The van der Waals surface area contributed by atoms with Crippen molar-refractivity contribution in [3.05, 3.63) is 35.4 Å². The van der Waals surface area contributed by atoms with Crippen LogP contribution in [-0.2, 0) is 6.18 Å². The molecule has 2 atom stereocenters. The zero-order valence-electron chi connectivity index (χ0n) is 11.9. The van der Waals surface area contributed by atoms with Gasteiger partial charge in [0.1, 0.15) is 0 Å². The van der Waals surface area contributed by atoms with Crippen LogP contribution in [0.1, 0.15) is 36.9 Å². The Kier molecular flexibility index (Phi) is 4.70. The molecular formula is C15H21F3N2. The molecule has 1 fully saturated rings. The summed E-state index contributed by atoms with van der Waals surface area (Å²) in [4.78, 5) is 1.99. The van der Waals surface area contributed by atoms with E-state index < -0.39 is 11.7 Å². The van der Waals surface area contributed by atoms with Gasteiger partial charge in [-0.05, 0) is 45.0 Å². The van der Waals surface area contributed by atoms with E-state index in [4.69, 9.17) is 0 Å². The third kappa shape index (κ3) is 3.52. The SMILES string of the molecule is CC(c1ccccc1C(F)(F)F)N(C)CC1CCCN1. The highest BCUT2D eigenvalue weighted by Crippen LogP contribution is 2.35. The monoisotopic (exact) mass is 286 g/mol. The molecule has 1 aromatic rings. The molecule has 1 aliphatic heterocycles. The van der Waals surface area contributed by atoms with E-state index in [0.717, 1.165) is 32.0 Å². The Bertz CT molecular complexity index is 439. The van der Waals surface area contributed by atoms with Gasteiger partial charge in [0, 0.05) is 18.6 Å². The van der Waals surface area contributed by atoms with Gasteiger partial charge >= 0.3 is 6.18 Å². The number of benzene rings is 1. The van der Waals surface area contributed by atoms with Crippen LogP contribution in [0.15, 0.2) is 24.3 Å². The molecule has 2 unspecified atom stereocenters. The number of nitrogens with zero attached hydrogens (tertiary/aromatic N) is 1. The second-order valence-corrected chi connectivity index (χ2v) is 5.49. The summed E-state index contributed by atoms with van der Waals surface area (Å²) in [6.45, 7) is 3.61. The molecule has 0 amide bonds. The number of halogens is 3. The molecule has 2 rings (SSSR count). The van der Waals surface area contributed by atoms with Crippen LogP contribution in [0.2, 0.25) is 0 Å². The summed E-state index contributed by atoms with van der Waals surface area (Å²) in [5.41, 5.74) is -0.181. The summed E-state index contributed by atoms with van der Waals surface area (Å²) < 4.78 is 39.1. The molecule has 0 aromatic heterocycles. The van der Waals surface area contributed by atoms with E-state index >= 15 is 0 Å². The molecule has 1 heterocycles. The molecule has 0 saturated carbocycles. The Morgan fingerprint density at radius 3 is 2.65 bits per heavy atom. The summed E-state index contributed by atoms with van der Waals surface area (Å²) in [6.07, 6.45) is -2.05. The maximum absolute atomic E-state index is 13.0. The van der Waals surface area contributed by atoms with Crippen molar-refractivity contribution in [3.63, 3.8) is 0 Å². The standard InChI is InChI=1S/C15H21F3N2/c1-11(20(2)10-12-6-5-9-19-12)13-7-3-4-8-14(13)15(16,17)18/h3-4,7-8,11-12,19H,5-6,9-10H2,1-2H3. The van der Waals surface area contributed by atoms with E-state index in [1.807, 2.05) is 18.9 Å². The molecule has 1 aromatic carbocycles. The summed E-state index contributed by atoms with van der Waals surface area (Å²) in [5, 5.41) is 3.37. The van der Waals surface area contributed by atoms with Crippen molar-refractivity contribution in [2.45, 2.75) is 38.0 Å². The zero-order valence-corrected chi connectivity index (χ0v) is 11.9. The first-order chi connectivity index (χ1) is 9.39. The Morgan fingerprint density at radius 2 is 2.05 bits per heavy atom. The van der Waals surface area contributed by atoms with E-state index in [0.29, 0.717) is 11.6 Å². The Morgan fingerprint density at radius 1 is 1.35 bits per heavy atom. The molecule has 112 valence electrons. The van der Waals surface area contributed by atoms with Crippen molar-refractivity contribution in [1.29, 1.82) is 0 Å². The Balaban J connectivity index is 2.13. The minimum atomic E-state index is -4.29. The molecule has 1 N–H and O–H groups in total. The Hall–Kier alpha value is -1.07. The molecular weight excluding hydrogens is 265 g/mol. The fourth-order valence-electron chi connectivity index (χ4n) is 2.78. The Labute approximate surface area is 118 Å². The van der Waals surface area contributed by atoms with E-state index in [-0.39, 0.29) is 6.04 Å². The second kappa shape index (κ2) is 6.14. The van der Waals surface area contributed by atoms with Gasteiger partial charge in [-0.25, -0.2) is 0 Å². The molecule has 0 radical (unpaired) electrons. The van der Waals surface area contributed by atoms with Gasteiger partial charge in [0.05, 0.1) is 5.56 Å². The summed E-state index contributed by atoms with van der Waals surface area (Å²) in [6, 6.07) is 5.98. The lowest BCUT2D eigenvalue weighted by Gasteiger charge is -2.29. The first-order valence-electron chi connectivity index (χ1n) is 6.99. The van der Waals surface area contributed by atoms with Gasteiger partial charge in [-0.3, -0.25) is 4.90 Å². The fourth-order valence-corrected chi connectivity index (χ4v) is 2.78. The average Bonchev–Trinajstić information content (AvgIpc) is 2.89. The summed E-state index contributed by atoms with van der Waals surface area (Å²) >= 11 is 0. The van der Waals surface area contributed by atoms with E-state index in [9.17, 15) is 13.2 Å². The highest BCUT2D eigenvalue weighted by atomic mass is 19.4. The summed E-state index contributed by atoms with van der Waals surface area (Å²) in [7, 11) is 1.89. The van der Waals surface area contributed by atoms with Crippen LogP contribution in [0.5, 0.6) is 0 Å². The van der Waals surface area contributed by atoms with Crippen molar-refractivity contribution in [1.82, 2.24) is 10.2 Å². The van der Waals surface area contributed by atoms with Crippen molar-refractivity contribution in [2.75, 3.05) is 20.1 Å². The molecule has 0 aliphatic carbocycles. The maximum Gasteiger partial charge on any atom is 0.416 e. The number of hydrogen-bond donors (Lipinski definition) is 1. The third-order valence-corrected chi connectivity index (χ3v) is 4.05. The van der Waals surface area contributed by atoms with Crippen LogP contribution < -0.4 is 5.32 Å². The lowest BCUT2D eigenvalue weighted by Crippen LogP contribution is -2.37. The van der Waals surface area contributed by atoms with Crippen LogP contribution in [0.4, 0.5) is 13.2 Å².